The van der Waals surface area contributed by atoms with E-state index in [1.807, 2.05) is 9.80 Å². The van der Waals surface area contributed by atoms with Crippen LogP contribution in [0.4, 0.5) is 0 Å². The Bertz CT molecular complexity index is 1310. The largest absolute Gasteiger partial charge is 0.356 e. The van der Waals surface area contributed by atoms with E-state index in [9.17, 15) is 19.2 Å². The standard InChI is InChI=1S/C58H112N8O4/c1-3-5-7-9-11-13-15-17-19-21-23-25-27-29-31-43-55(67)63-47-39-51-65(57(69)53(61)41-33-35-45-59)49-37-38-50-66(58(70)54(62)42-34-36-46-60)52-40-48-64-56(68)44-32-30-28-26-24-22-20-18-16-14-12-10-8-6-4-2/h11,13,17-20,53-54H,3-10,12,14-16,21-52,59-62H2,1-2H3,(H,63,67)(H,64,68)/b13-11-,19-17-,20-18-/t53-,54-/m0/s1. The summed E-state index contributed by atoms with van der Waals surface area (Å²) in [5.74, 6) is -0.0366. The fourth-order valence-corrected chi connectivity index (χ4v) is 8.63. The molecule has 0 aromatic rings. The molecule has 0 saturated heterocycles. The van der Waals surface area contributed by atoms with Crippen molar-refractivity contribution >= 4 is 23.6 Å². The van der Waals surface area contributed by atoms with Gasteiger partial charge in [-0.3, -0.25) is 19.2 Å². The smallest absolute Gasteiger partial charge is 0.239 e. The molecule has 2 atom stereocenters. The van der Waals surface area contributed by atoms with Gasteiger partial charge in [0, 0.05) is 52.1 Å². The molecule has 0 radical (unpaired) electrons. The van der Waals surface area contributed by atoms with E-state index in [2.05, 4.69) is 60.9 Å². The van der Waals surface area contributed by atoms with E-state index in [1.54, 1.807) is 0 Å². The first-order valence-corrected chi connectivity index (χ1v) is 29.2. The van der Waals surface area contributed by atoms with Crippen LogP contribution >= 0.6 is 0 Å². The van der Waals surface area contributed by atoms with Crippen molar-refractivity contribution in [2.45, 2.75) is 257 Å². The molecule has 0 fully saturated rings. The topological polar surface area (TPSA) is 203 Å². The highest BCUT2D eigenvalue weighted by Crippen LogP contribution is 2.13. The number of hydrogen-bond acceptors (Lipinski definition) is 8. The lowest BCUT2D eigenvalue weighted by Crippen LogP contribution is -2.46. The van der Waals surface area contributed by atoms with E-state index in [0.29, 0.717) is 104 Å². The number of carbonyl (C=O) groups is 4. The predicted octanol–water partition coefficient (Wildman–Crippen LogP) is 11.2. The Balaban J connectivity index is 4.76. The van der Waals surface area contributed by atoms with Gasteiger partial charge in [0.1, 0.15) is 0 Å². The number of amides is 4. The lowest BCUT2D eigenvalue weighted by Gasteiger charge is -2.28. The molecule has 0 aromatic carbocycles. The molecule has 10 N–H and O–H groups in total. The Kier molecular flexibility index (Phi) is 50.0. The summed E-state index contributed by atoms with van der Waals surface area (Å²) in [5, 5.41) is 6.12. The highest BCUT2D eigenvalue weighted by atomic mass is 16.2. The van der Waals surface area contributed by atoms with Crippen molar-refractivity contribution in [2.75, 3.05) is 52.4 Å². The molecule has 12 nitrogen and oxygen atoms in total. The third-order valence-electron chi connectivity index (χ3n) is 13.2. The van der Waals surface area contributed by atoms with Crippen molar-refractivity contribution in [3.05, 3.63) is 36.5 Å². The second-order valence-corrected chi connectivity index (χ2v) is 19.9. The SMILES string of the molecule is CCCCC/C=C\C/C=C\CCCCCCCC(=O)NCCCN(CCCCN(CCCNC(=O)CCCCCCC/C=C\CCCCCCCC)C(=O)[C@@H](N)CCCCN)C(=O)[C@@H](N)CCCCN. The van der Waals surface area contributed by atoms with E-state index < -0.39 is 12.1 Å². The first-order valence-electron chi connectivity index (χ1n) is 29.2. The zero-order chi connectivity index (χ0) is 51.4. The fraction of sp³-hybridized carbons (Fsp3) is 0.828. The van der Waals surface area contributed by atoms with E-state index in [4.69, 9.17) is 22.9 Å². The van der Waals surface area contributed by atoms with Gasteiger partial charge in [-0.25, -0.2) is 0 Å². The van der Waals surface area contributed by atoms with Crippen molar-refractivity contribution in [3.8, 4) is 0 Å². The number of hydrogen-bond donors (Lipinski definition) is 6. The van der Waals surface area contributed by atoms with Crippen LogP contribution in [0.5, 0.6) is 0 Å². The van der Waals surface area contributed by atoms with Crippen LogP contribution in [0.15, 0.2) is 36.5 Å². The van der Waals surface area contributed by atoms with Gasteiger partial charge in [0.25, 0.3) is 0 Å². The van der Waals surface area contributed by atoms with Crippen LogP contribution < -0.4 is 33.6 Å². The number of rotatable bonds is 52. The maximum Gasteiger partial charge on any atom is 0.239 e. The molecule has 0 aromatic heterocycles. The molecular formula is C58H112N8O4. The van der Waals surface area contributed by atoms with Crippen molar-refractivity contribution in [3.63, 3.8) is 0 Å². The summed E-state index contributed by atoms with van der Waals surface area (Å²) in [4.78, 5) is 56.0. The Labute approximate surface area is 430 Å². The molecule has 70 heavy (non-hydrogen) atoms. The number of nitrogens with two attached hydrogens (primary N) is 4. The summed E-state index contributed by atoms with van der Waals surface area (Å²) in [6.07, 6.45) is 50.6. The van der Waals surface area contributed by atoms with Gasteiger partial charge in [-0.2, -0.15) is 0 Å². The third-order valence-corrected chi connectivity index (χ3v) is 13.2. The van der Waals surface area contributed by atoms with Gasteiger partial charge in [-0.05, 0) is 135 Å². The molecule has 408 valence electrons. The maximum atomic E-state index is 13.6. The lowest BCUT2D eigenvalue weighted by molar-refractivity contribution is -0.134. The minimum atomic E-state index is -0.601. The maximum absolute atomic E-state index is 13.6. The van der Waals surface area contributed by atoms with Crippen LogP contribution in [0, 0.1) is 0 Å². The van der Waals surface area contributed by atoms with Crippen LogP contribution in [0.3, 0.4) is 0 Å². The first kappa shape index (κ1) is 66.9. The van der Waals surface area contributed by atoms with E-state index in [0.717, 1.165) is 83.5 Å². The van der Waals surface area contributed by atoms with Gasteiger partial charge in [-0.1, -0.05) is 147 Å². The van der Waals surface area contributed by atoms with Gasteiger partial charge in [-0.15, -0.1) is 0 Å². The first-order chi connectivity index (χ1) is 34.2. The molecule has 0 saturated carbocycles. The summed E-state index contributed by atoms with van der Waals surface area (Å²) in [6, 6.07) is -1.20. The molecular weight excluding hydrogens is 873 g/mol. The molecule has 4 amide bonds. The van der Waals surface area contributed by atoms with Crippen LogP contribution in [-0.4, -0.2) is 97.9 Å². The normalized spacial score (nSPS) is 12.6. The summed E-state index contributed by atoms with van der Waals surface area (Å²) in [7, 11) is 0. The molecule has 0 aliphatic heterocycles. The summed E-state index contributed by atoms with van der Waals surface area (Å²) < 4.78 is 0. The number of nitrogens with one attached hydrogen (secondary N) is 2. The zero-order valence-corrected chi connectivity index (χ0v) is 45.6. The average molecular weight is 986 g/mol. The molecule has 0 aliphatic rings. The number of nitrogens with zero attached hydrogens (tertiary/aromatic N) is 2. The van der Waals surface area contributed by atoms with Gasteiger partial charge in [0.05, 0.1) is 12.1 Å². The fourth-order valence-electron chi connectivity index (χ4n) is 8.63. The lowest BCUT2D eigenvalue weighted by atomic mass is 10.1. The highest BCUT2D eigenvalue weighted by molar-refractivity contribution is 5.82. The second kappa shape index (κ2) is 52.3. The summed E-state index contributed by atoms with van der Waals surface area (Å²) in [5.41, 5.74) is 24.2. The Hall–Kier alpha value is -3.06. The van der Waals surface area contributed by atoms with E-state index >= 15 is 0 Å². The van der Waals surface area contributed by atoms with Gasteiger partial charge < -0.3 is 43.4 Å². The molecule has 0 rings (SSSR count). The quantitative estimate of drug-likeness (QED) is 0.0255. The molecule has 0 unspecified atom stereocenters. The van der Waals surface area contributed by atoms with Crippen molar-refractivity contribution in [1.29, 1.82) is 0 Å². The molecule has 0 spiro atoms. The predicted molar refractivity (Wildman–Crippen MR) is 298 cm³/mol. The minimum absolute atomic E-state index is 0.0611. The van der Waals surface area contributed by atoms with Crippen molar-refractivity contribution in [2.24, 2.45) is 22.9 Å². The van der Waals surface area contributed by atoms with Crippen LogP contribution in [0.1, 0.15) is 245 Å². The summed E-state index contributed by atoms with van der Waals surface area (Å²) >= 11 is 0. The van der Waals surface area contributed by atoms with Gasteiger partial charge in [0.2, 0.25) is 23.6 Å². The molecule has 12 heteroatoms. The van der Waals surface area contributed by atoms with Gasteiger partial charge >= 0.3 is 0 Å². The van der Waals surface area contributed by atoms with Gasteiger partial charge in [0.15, 0.2) is 0 Å². The van der Waals surface area contributed by atoms with Crippen molar-refractivity contribution in [1.82, 2.24) is 20.4 Å². The number of unbranched alkanes of at least 4 members (excludes halogenated alkanes) is 22. The Morgan fingerprint density at radius 3 is 1.13 bits per heavy atom. The van der Waals surface area contributed by atoms with E-state index in [-0.39, 0.29) is 23.6 Å². The Morgan fingerprint density at radius 1 is 0.400 bits per heavy atom. The monoisotopic (exact) mass is 985 g/mol. The van der Waals surface area contributed by atoms with Crippen LogP contribution in [0.25, 0.3) is 0 Å². The van der Waals surface area contributed by atoms with Crippen LogP contribution in [0.2, 0.25) is 0 Å². The minimum Gasteiger partial charge on any atom is -0.356 e. The number of allylic oxidation sites excluding steroid dienone is 6. The second-order valence-electron chi connectivity index (χ2n) is 19.9. The molecule has 0 bridgehead atoms. The number of carbonyl (C=O) groups excluding carboxylic acids is 4. The average Bonchev–Trinajstić information content (AvgIpc) is 3.35. The van der Waals surface area contributed by atoms with Crippen molar-refractivity contribution < 1.29 is 19.2 Å². The molecule has 0 heterocycles. The van der Waals surface area contributed by atoms with E-state index in [1.165, 1.54) is 96.3 Å². The van der Waals surface area contributed by atoms with Crippen LogP contribution in [-0.2, 0) is 19.2 Å². The zero-order valence-electron chi connectivity index (χ0n) is 45.6. The summed E-state index contributed by atoms with van der Waals surface area (Å²) in [6.45, 7) is 8.67. The molecule has 0 aliphatic carbocycles. The third kappa shape index (κ3) is 43.7. The Morgan fingerprint density at radius 2 is 0.729 bits per heavy atom. The highest BCUT2D eigenvalue weighted by Gasteiger charge is 2.23.